The maximum Gasteiger partial charge on any atom is 0.237 e. The summed E-state index contributed by atoms with van der Waals surface area (Å²) in [5.41, 5.74) is 26.0. The van der Waals surface area contributed by atoms with E-state index in [-0.39, 0.29) is 0 Å². The zero-order chi connectivity index (χ0) is 86.0. The smallest absolute Gasteiger partial charge is 0.237 e. The van der Waals surface area contributed by atoms with Gasteiger partial charge in [0.15, 0.2) is 0 Å². The van der Waals surface area contributed by atoms with Gasteiger partial charge in [0.2, 0.25) is 5.95 Å². The molecule has 24 rings (SSSR count). The Morgan fingerprint density at radius 2 is 0.477 bits per heavy atom. The van der Waals surface area contributed by atoms with Gasteiger partial charge in [-0.05, 0) is 181 Å². The molecule has 13 aromatic heterocycles. The van der Waals surface area contributed by atoms with Gasteiger partial charge < -0.3 is 0 Å². The molecular weight excluding hydrogens is 1840 g/mol. The highest BCUT2D eigenvalue weighted by Gasteiger charge is 2.23. The van der Waals surface area contributed by atoms with E-state index in [0.29, 0.717) is 5.95 Å². The molecule has 14 nitrogen and oxygen atoms in total. The van der Waals surface area contributed by atoms with Gasteiger partial charge in [-0.3, -0.25) is 28.2 Å². The maximum absolute atomic E-state index is 5.11. The second-order valence-electron chi connectivity index (χ2n) is 30.5. The van der Waals surface area contributed by atoms with Crippen molar-refractivity contribution in [3.63, 3.8) is 0 Å². The van der Waals surface area contributed by atoms with Gasteiger partial charge in [-0.2, -0.15) is 0 Å². The van der Waals surface area contributed by atoms with Crippen LogP contribution in [-0.2, 0) is 0 Å². The standard InChI is InChI=1S/2C28H18BrN3.2C27H17BrN4/c29-22-13-14-23-24-12-7-15-30-28(24)32(26(23)18-22)27-17-21(19-8-3-1-4-9-19)16-25(31-27)20-10-5-2-6-11-20;29-21-13-14-23-24-12-7-15-30-28(24)32(27(23)16-21)22-17-25(19-8-3-1-4-9-19)31-26(18-22)20-10-5-2-6-11-20;28-20-9-10-22-23-6-5-13-31-27(23)32(26(22)17-20)21-15-18(24-7-1-3-11-29-24)14-19(16-21)25-8-2-4-12-30-25;28-20-13-14-21-22-12-7-15-29-26(22)32(25(21)16-20)27-30-23(18-8-3-1-4-9-18)17-24(31-27)19-10-5-2-6-11-19/h2*1-18H;2*1-17H. The fourth-order valence-electron chi connectivity index (χ4n) is 16.7. The number of nitrogens with zero attached hydrogens (tertiary/aromatic N) is 14. The summed E-state index contributed by atoms with van der Waals surface area (Å²) >= 11 is 14.6. The molecule has 0 unspecified atom stereocenters. The lowest BCUT2D eigenvalue weighted by Gasteiger charge is -2.13. The molecule has 0 radical (unpaired) electrons. The molecule has 0 atom stereocenters. The molecule has 0 saturated heterocycles. The Hall–Kier alpha value is -15.2. The average molecular weight is 1910 g/mol. The van der Waals surface area contributed by atoms with E-state index >= 15 is 0 Å². The second-order valence-corrected chi connectivity index (χ2v) is 34.2. The second kappa shape index (κ2) is 35.5. The van der Waals surface area contributed by atoms with E-state index in [0.717, 1.165) is 202 Å². The van der Waals surface area contributed by atoms with E-state index in [2.05, 4.69) is 312 Å². The molecule has 0 aliphatic rings. The Bertz CT molecular complexity index is 7030. The van der Waals surface area contributed by atoms with Crippen LogP contribution in [0.5, 0.6) is 0 Å². The molecule has 608 valence electrons. The molecule has 128 heavy (non-hydrogen) atoms. The molecule has 0 spiro atoms. The molecule has 0 fully saturated rings. The first-order valence-corrected chi connectivity index (χ1v) is 44.7. The van der Waals surface area contributed by atoms with Gasteiger partial charge in [-0.25, -0.2) is 39.9 Å². The third-order valence-corrected chi connectivity index (χ3v) is 24.5. The van der Waals surface area contributed by atoms with Gasteiger partial charge in [0.1, 0.15) is 28.4 Å². The van der Waals surface area contributed by atoms with Gasteiger partial charge in [-0.15, -0.1) is 0 Å². The van der Waals surface area contributed by atoms with Gasteiger partial charge in [-0.1, -0.05) is 282 Å². The molecular formula is C110H70Br4N14. The van der Waals surface area contributed by atoms with Crippen LogP contribution >= 0.6 is 63.7 Å². The fourth-order valence-corrected chi connectivity index (χ4v) is 18.1. The third-order valence-electron chi connectivity index (χ3n) is 22.5. The summed E-state index contributed by atoms with van der Waals surface area (Å²) in [5.74, 6) is 1.45. The summed E-state index contributed by atoms with van der Waals surface area (Å²) in [5, 5.41) is 9.06. The van der Waals surface area contributed by atoms with Crippen molar-refractivity contribution in [3.05, 3.63) is 443 Å². The number of hydrogen-bond acceptors (Lipinski definition) is 10. The molecule has 0 amide bonds. The Morgan fingerprint density at radius 1 is 0.172 bits per heavy atom. The van der Waals surface area contributed by atoms with E-state index in [1.165, 1.54) is 10.8 Å². The lowest BCUT2D eigenvalue weighted by molar-refractivity contribution is 0.981. The summed E-state index contributed by atoms with van der Waals surface area (Å²) in [6.07, 6.45) is 11.0. The first kappa shape index (κ1) is 80.0. The molecule has 11 aromatic carbocycles. The largest absolute Gasteiger partial charge is 0.294 e. The molecule has 0 bridgehead atoms. The van der Waals surface area contributed by atoms with Crippen molar-refractivity contribution < 1.29 is 0 Å². The van der Waals surface area contributed by atoms with Gasteiger partial charge in [0.25, 0.3) is 0 Å². The number of fused-ring (bicyclic) bond motifs is 12. The van der Waals surface area contributed by atoms with E-state index in [4.69, 9.17) is 39.9 Å². The van der Waals surface area contributed by atoms with E-state index in [1.54, 1.807) is 0 Å². The summed E-state index contributed by atoms with van der Waals surface area (Å²) in [6, 6.07) is 133. The molecule has 0 saturated carbocycles. The topological polar surface area (TPSA) is 149 Å². The summed E-state index contributed by atoms with van der Waals surface area (Å²) in [4.78, 5) is 48.2. The normalized spacial score (nSPS) is 11.3. The van der Waals surface area contributed by atoms with Gasteiger partial charge in [0.05, 0.1) is 67.6 Å². The number of aromatic nitrogens is 14. The van der Waals surface area contributed by atoms with Crippen molar-refractivity contribution >= 4 is 151 Å². The van der Waals surface area contributed by atoms with Crippen LogP contribution in [0.25, 0.3) is 201 Å². The lowest BCUT2D eigenvalue weighted by atomic mass is 10.0. The van der Waals surface area contributed by atoms with Crippen LogP contribution in [0.4, 0.5) is 0 Å². The summed E-state index contributed by atoms with van der Waals surface area (Å²) < 4.78 is 12.7. The van der Waals surface area contributed by atoms with Crippen molar-refractivity contribution in [1.82, 2.24) is 68.1 Å². The Labute approximate surface area is 769 Å². The van der Waals surface area contributed by atoms with Crippen LogP contribution in [-0.4, -0.2) is 68.1 Å². The minimum atomic E-state index is 0.599. The third kappa shape index (κ3) is 16.0. The molecule has 18 heteroatoms. The van der Waals surface area contributed by atoms with Crippen LogP contribution in [0.15, 0.2) is 443 Å². The minimum absolute atomic E-state index is 0.599. The lowest BCUT2D eigenvalue weighted by Crippen LogP contribution is -2.04. The maximum atomic E-state index is 5.11. The number of benzene rings is 11. The predicted octanol–water partition coefficient (Wildman–Crippen LogP) is 29.5. The number of rotatable bonds is 12. The zero-order valence-corrected chi connectivity index (χ0v) is 74.5. The highest BCUT2D eigenvalue weighted by Crippen LogP contribution is 2.42. The number of halogens is 4. The van der Waals surface area contributed by atoms with Crippen molar-refractivity contribution in [2.45, 2.75) is 0 Å². The predicted molar refractivity (Wildman–Crippen MR) is 535 cm³/mol. The highest BCUT2D eigenvalue weighted by atomic mass is 79.9. The van der Waals surface area contributed by atoms with Crippen LogP contribution < -0.4 is 0 Å². The Kier molecular flexibility index (Phi) is 22.1. The van der Waals surface area contributed by atoms with Gasteiger partial charge >= 0.3 is 0 Å². The number of pyridine rings is 8. The van der Waals surface area contributed by atoms with Crippen LogP contribution in [0, 0.1) is 0 Å². The van der Waals surface area contributed by atoms with Crippen LogP contribution in [0.2, 0.25) is 0 Å². The van der Waals surface area contributed by atoms with E-state index in [9.17, 15) is 0 Å². The first-order chi connectivity index (χ1) is 63.1. The summed E-state index contributed by atoms with van der Waals surface area (Å²) in [6.45, 7) is 0. The zero-order valence-electron chi connectivity index (χ0n) is 68.2. The van der Waals surface area contributed by atoms with Crippen molar-refractivity contribution in [1.29, 1.82) is 0 Å². The molecule has 13 heterocycles. The van der Waals surface area contributed by atoms with Gasteiger partial charge in [0, 0.05) is 143 Å². The molecule has 24 aromatic rings. The highest BCUT2D eigenvalue weighted by molar-refractivity contribution is 9.11. The summed E-state index contributed by atoms with van der Waals surface area (Å²) in [7, 11) is 0. The van der Waals surface area contributed by atoms with E-state index in [1.807, 2.05) is 206 Å². The number of hydrogen-bond donors (Lipinski definition) is 0. The van der Waals surface area contributed by atoms with Crippen molar-refractivity contribution in [3.8, 4) is 113 Å². The molecule has 0 N–H and O–H groups in total. The van der Waals surface area contributed by atoms with E-state index < -0.39 is 0 Å². The average Bonchev–Trinajstić information content (AvgIpc) is 1.59. The SMILES string of the molecule is Brc1ccc2c3cccnc3n(-c3cc(-c4ccccc4)cc(-c4ccccc4)n3)c2c1.Brc1ccc2c3cccnc3n(-c3cc(-c4ccccc4)nc(-c4ccccc4)c3)c2c1.Brc1ccc2c3cccnc3n(-c3cc(-c4ccccn4)cc(-c4ccccn4)c3)c2c1.Brc1ccc2c3cccnc3n(-c3nc(-c4ccccc4)cc(-c4ccccc4)n3)c2c1. The van der Waals surface area contributed by atoms with Crippen LogP contribution in [0.3, 0.4) is 0 Å². The van der Waals surface area contributed by atoms with Crippen molar-refractivity contribution in [2.24, 2.45) is 0 Å². The molecule has 0 aliphatic heterocycles. The monoisotopic (exact) mass is 1900 g/mol. The minimum Gasteiger partial charge on any atom is -0.294 e. The first-order valence-electron chi connectivity index (χ1n) is 41.6. The Morgan fingerprint density at radius 3 is 0.844 bits per heavy atom. The fraction of sp³-hybridized carbons (Fsp3) is 0. The quantitative estimate of drug-likeness (QED) is 0.116. The Balaban J connectivity index is 0.000000104. The molecule has 0 aliphatic carbocycles. The van der Waals surface area contributed by atoms with Crippen LogP contribution in [0.1, 0.15) is 0 Å². The van der Waals surface area contributed by atoms with Crippen molar-refractivity contribution in [2.75, 3.05) is 0 Å².